The minimum absolute atomic E-state index is 0.0777. The minimum Gasteiger partial charge on any atom is -0.493 e. The molecule has 6 heteroatoms. The maximum absolute atomic E-state index is 12.5. The zero-order chi connectivity index (χ0) is 15.2. The summed E-state index contributed by atoms with van der Waals surface area (Å²) in [6.45, 7) is -1.71. The first-order valence-electron chi connectivity index (χ1n) is 7.09. The van der Waals surface area contributed by atoms with Crippen LogP contribution >= 0.6 is 0 Å². The smallest absolute Gasteiger partial charge is 0.387 e. The Hall–Kier alpha value is -1.40. The molecule has 2 N–H and O–H groups in total. The number of halogens is 2. The molecule has 1 aromatic carbocycles. The lowest BCUT2D eigenvalue weighted by Crippen LogP contribution is -2.22. The van der Waals surface area contributed by atoms with Gasteiger partial charge in [-0.1, -0.05) is 12.1 Å². The summed E-state index contributed by atoms with van der Waals surface area (Å²) in [5.74, 6) is 0.810. The number of alkyl halides is 2. The van der Waals surface area contributed by atoms with Crippen molar-refractivity contribution in [3.63, 3.8) is 0 Å². The van der Waals surface area contributed by atoms with E-state index in [1.165, 1.54) is 7.11 Å². The monoisotopic (exact) mass is 301 g/mol. The van der Waals surface area contributed by atoms with Crippen molar-refractivity contribution in [2.75, 3.05) is 13.7 Å². The van der Waals surface area contributed by atoms with E-state index in [1.54, 1.807) is 18.2 Å². The number of benzene rings is 1. The number of hydrogen-bond donors (Lipinski definition) is 2. The van der Waals surface area contributed by atoms with Gasteiger partial charge in [0.05, 0.1) is 13.2 Å². The van der Waals surface area contributed by atoms with Crippen LogP contribution in [0.15, 0.2) is 18.2 Å². The van der Waals surface area contributed by atoms with Crippen molar-refractivity contribution in [1.82, 2.24) is 5.32 Å². The molecule has 0 aliphatic heterocycles. The Kier molecular flexibility index (Phi) is 5.76. The molecule has 118 valence electrons. The third kappa shape index (κ3) is 4.54. The summed E-state index contributed by atoms with van der Waals surface area (Å²) in [7, 11) is 1.42. The van der Waals surface area contributed by atoms with Crippen LogP contribution in [0.3, 0.4) is 0 Å². The van der Waals surface area contributed by atoms with Crippen molar-refractivity contribution in [3.8, 4) is 11.5 Å². The number of aliphatic hydroxyl groups is 1. The summed E-state index contributed by atoms with van der Waals surface area (Å²) in [6.07, 6.45) is 2.43. The molecule has 0 spiro atoms. The maximum atomic E-state index is 12.5. The molecule has 0 aromatic heterocycles. The van der Waals surface area contributed by atoms with E-state index in [0.29, 0.717) is 23.8 Å². The highest BCUT2D eigenvalue weighted by atomic mass is 19.3. The zero-order valence-electron chi connectivity index (χ0n) is 12.0. The highest BCUT2D eigenvalue weighted by Crippen LogP contribution is 2.32. The molecule has 0 radical (unpaired) electrons. The van der Waals surface area contributed by atoms with E-state index < -0.39 is 6.61 Å². The van der Waals surface area contributed by atoms with E-state index in [-0.39, 0.29) is 11.9 Å². The highest BCUT2D eigenvalue weighted by molar-refractivity contribution is 5.46. The van der Waals surface area contributed by atoms with E-state index >= 15 is 0 Å². The number of aliphatic hydroxyl groups excluding tert-OH is 1. The molecule has 1 aliphatic rings. The molecule has 21 heavy (non-hydrogen) atoms. The van der Waals surface area contributed by atoms with Gasteiger partial charge in [-0.3, -0.25) is 0 Å². The van der Waals surface area contributed by atoms with Gasteiger partial charge in [0.25, 0.3) is 0 Å². The fourth-order valence-corrected chi connectivity index (χ4v) is 2.73. The quantitative estimate of drug-likeness (QED) is 0.812. The molecule has 1 aromatic rings. The number of para-hydroxylation sites is 1. The lowest BCUT2D eigenvalue weighted by molar-refractivity contribution is -0.0518. The Labute approximate surface area is 123 Å². The number of nitrogens with one attached hydrogen (secondary N) is 1. The van der Waals surface area contributed by atoms with Gasteiger partial charge in [-0.05, 0) is 37.8 Å². The molecule has 0 bridgehead atoms. The average Bonchev–Trinajstić information content (AvgIpc) is 2.85. The lowest BCUT2D eigenvalue weighted by atomic mass is 10.1. The van der Waals surface area contributed by atoms with Gasteiger partial charge in [0.2, 0.25) is 0 Å². The number of rotatable bonds is 7. The van der Waals surface area contributed by atoms with Gasteiger partial charge >= 0.3 is 6.61 Å². The Morgan fingerprint density at radius 3 is 2.81 bits per heavy atom. The van der Waals surface area contributed by atoms with Crippen molar-refractivity contribution >= 4 is 0 Å². The van der Waals surface area contributed by atoms with Gasteiger partial charge in [-0.25, -0.2) is 0 Å². The summed E-state index contributed by atoms with van der Waals surface area (Å²) in [5.41, 5.74) is 0.633. The van der Waals surface area contributed by atoms with Crippen LogP contribution in [-0.2, 0) is 6.54 Å². The summed E-state index contributed by atoms with van der Waals surface area (Å²) < 4.78 is 34.6. The SMILES string of the molecule is COc1cccc(CNCC2CCC(O)C2)c1OC(F)F. The van der Waals surface area contributed by atoms with Gasteiger partial charge < -0.3 is 19.9 Å². The van der Waals surface area contributed by atoms with Crippen molar-refractivity contribution in [2.45, 2.75) is 38.5 Å². The molecule has 4 nitrogen and oxygen atoms in total. The van der Waals surface area contributed by atoms with Crippen LogP contribution in [0.4, 0.5) is 8.78 Å². The summed E-state index contributed by atoms with van der Waals surface area (Å²) in [6, 6.07) is 5.07. The Bertz CT molecular complexity index is 457. The second-order valence-corrected chi connectivity index (χ2v) is 5.29. The van der Waals surface area contributed by atoms with Crippen LogP contribution in [-0.4, -0.2) is 31.5 Å². The third-order valence-electron chi connectivity index (χ3n) is 3.75. The first-order chi connectivity index (χ1) is 10.1. The van der Waals surface area contributed by atoms with Crippen LogP contribution in [0.1, 0.15) is 24.8 Å². The summed E-state index contributed by atoms with van der Waals surface area (Å²) in [4.78, 5) is 0. The fraction of sp³-hybridized carbons (Fsp3) is 0.600. The van der Waals surface area contributed by atoms with Crippen molar-refractivity contribution in [3.05, 3.63) is 23.8 Å². The van der Waals surface area contributed by atoms with Crippen LogP contribution < -0.4 is 14.8 Å². The topological polar surface area (TPSA) is 50.7 Å². The molecule has 1 fully saturated rings. The van der Waals surface area contributed by atoms with E-state index in [9.17, 15) is 13.9 Å². The number of methoxy groups -OCH3 is 1. The molecule has 0 saturated heterocycles. The van der Waals surface area contributed by atoms with Crippen molar-refractivity contribution in [2.24, 2.45) is 5.92 Å². The molecular formula is C15H21F2NO3. The normalized spacial score (nSPS) is 21.8. The van der Waals surface area contributed by atoms with Gasteiger partial charge in [0, 0.05) is 12.1 Å². The molecule has 0 heterocycles. The second kappa shape index (κ2) is 7.56. The number of ether oxygens (including phenoxy) is 2. The van der Waals surface area contributed by atoms with E-state index in [4.69, 9.17) is 4.74 Å². The van der Waals surface area contributed by atoms with Gasteiger partial charge in [0.15, 0.2) is 11.5 Å². The molecule has 2 atom stereocenters. The largest absolute Gasteiger partial charge is 0.493 e. The Morgan fingerprint density at radius 2 is 2.19 bits per heavy atom. The van der Waals surface area contributed by atoms with Crippen LogP contribution in [0.25, 0.3) is 0 Å². The standard InChI is InChI=1S/C15H21F2NO3/c1-20-13-4-2-3-11(14(13)21-15(16)17)9-18-8-10-5-6-12(19)7-10/h2-4,10,12,15,18-19H,5-9H2,1H3. The second-order valence-electron chi connectivity index (χ2n) is 5.29. The molecule has 2 unspecified atom stereocenters. The van der Waals surface area contributed by atoms with Gasteiger partial charge in [0.1, 0.15) is 0 Å². The first kappa shape index (κ1) is 16.0. The van der Waals surface area contributed by atoms with Gasteiger partial charge in [-0.15, -0.1) is 0 Å². The lowest BCUT2D eigenvalue weighted by Gasteiger charge is -2.16. The summed E-state index contributed by atoms with van der Waals surface area (Å²) >= 11 is 0. The molecule has 1 aliphatic carbocycles. The molecule has 1 saturated carbocycles. The van der Waals surface area contributed by atoms with Crippen LogP contribution in [0.5, 0.6) is 11.5 Å². The first-order valence-corrected chi connectivity index (χ1v) is 7.09. The van der Waals surface area contributed by atoms with Crippen LogP contribution in [0.2, 0.25) is 0 Å². The van der Waals surface area contributed by atoms with Crippen LogP contribution in [0, 0.1) is 5.92 Å². The van der Waals surface area contributed by atoms with E-state index in [0.717, 1.165) is 25.8 Å². The number of hydrogen-bond acceptors (Lipinski definition) is 4. The van der Waals surface area contributed by atoms with E-state index in [1.807, 2.05) is 0 Å². The predicted octanol–water partition coefficient (Wildman–Crippen LogP) is 2.55. The maximum Gasteiger partial charge on any atom is 0.387 e. The highest BCUT2D eigenvalue weighted by Gasteiger charge is 2.22. The minimum atomic E-state index is -2.88. The third-order valence-corrected chi connectivity index (χ3v) is 3.75. The molecule has 0 amide bonds. The molecular weight excluding hydrogens is 280 g/mol. The Morgan fingerprint density at radius 1 is 1.38 bits per heavy atom. The van der Waals surface area contributed by atoms with Crippen molar-refractivity contribution in [1.29, 1.82) is 0 Å². The Balaban J connectivity index is 1.95. The van der Waals surface area contributed by atoms with Gasteiger partial charge in [-0.2, -0.15) is 8.78 Å². The summed E-state index contributed by atoms with van der Waals surface area (Å²) in [5, 5.41) is 12.7. The molecule has 2 rings (SSSR count). The zero-order valence-corrected chi connectivity index (χ0v) is 12.0. The van der Waals surface area contributed by atoms with E-state index in [2.05, 4.69) is 10.1 Å². The average molecular weight is 301 g/mol. The predicted molar refractivity (Wildman–Crippen MR) is 74.7 cm³/mol. The fourth-order valence-electron chi connectivity index (χ4n) is 2.73. The van der Waals surface area contributed by atoms with Crippen molar-refractivity contribution < 1.29 is 23.4 Å².